The molecular formula is C19H32N4. The molecule has 0 unspecified atom stereocenters. The van der Waals surface area contributed by atoms with Gasteiger partial charge in [0.15, 0.2) is 5.96 Å². The van der Waals surface area contributed by atoms with E-state index >= 15 is 0 Å². The smallest absolute Gasteiger partial charge is 0.191 e. The van der Waals surface area contributed by atoms with Gasteiger partial charge in [-0.25, -0.2) is 0 Å². The Morgan fingerprint density at radius 2 is 1.96 bits per heavy atom. The van der Waals surface area contributed by atoms with Crippen LogP contribution in [0.15, 0.2) is 29.3 Å². The molecule has 4 nitrogen and oxygen atoms in total. The molecule has 2 rings (SSSR count). The second-order valence-corrected chi connectivity index (χ2v) is 7.04. The summed E-state index contributed by atoms with van der Waals surface area (Å²) in [5.74, 6) is 0.905. The van der Waals surface area contributed by atoms with Crippen molar-refractivity contribution in [2.75, 3.05) is 27.7 Å². The van der Waals surface area contributed by atoms with E-state index in [2.05, 4.69) is 65.8 Å². The number of guanidine groups is 1. The quantitative estimate of drug-likeness (QED) is 0.600. The normalized spacial score (nSPS) is 17.0. The summed E-state index contributed by atoms with van der Waals surface area (Å²) < 4.78 is 0. The fourth-order valence-corrected chi connectivity index (χ4v) is 3.21. The number of aliphatic imine (C=N–C) groups is 1. The average molecular weight is 316 g/mol. The van der Waals surface area contributed by atoms with Crippen molar-refractivity contribution in [2.24, 2.45) is 10.4 Å². The van der Waals surface area contributed by atoms with E-state index in [0.29, 0.717) is 5.41 Å². The lowest BCUT2D eigenvalue weighted by atomic mass is 9.67. The minimum Gasteiger partial charge on any atom is -0.356 e. The van der Waals surface area contributed by atoms with Crippen LogP contribution in [0.5, 0.6) is 0 Å². The zero-order valence-corrected chi connectivity index (χ0v) is 15.2. The molecule has 1 aromatic carbocycles. The summed E-state index contributed by atoms with van der Waals surface area (Å²) in [6, 6.07) is 8.74. The summed E-state index contributed by atoms with van der Waals surface area (Å²) >= 11 is 0. The third-order valence-corrected chi connectivity index (χ3v) is 4.97. The Bertz CT molecular complexity index is 512. The van der Waals surface area contributed by atoms with Gasteiger partial charge in [0.25, 0.3) is 0 Å². The molecule has 1 aliphatic carbocycles. The maximum Gasteiger partial charge on any atom is 0.191 e. The summed E-state index contributed by atoms with van der Waals surface area (Å²) in [4.78, 5) is 6.55. The van der Waals surface area contributed by atoms with E-state index in [9.17, 15) is 0 Å². The van der Waals surface area contributed by atoms with E-state index in [1.807, 2.05) is 7.05 Å². The highest BCUT2D eigenvalue weighted by atomic mass is 15.2. The third kappa shape index (κ3) is 5.24. The molecule has 128 valence electrons. The van der Waals surface area contributed by atoms with Crippen LogP contribution in [-0.2, 0) is 13.1 Å². The van der Waals surface area contributed by atoms with Crippen LogP contribution in [-0.4, -0.2) is 38.5 Å². The SMILES string of the molecule is CCC1(CNC(=NC)NCc2cccc(CN(C)C)c2)CCC1. The summed E-state index contributed by atoms with van der Waals surface area (Å²) in [6.45, 7) is 5.11. The lowest BCUT2D eigenvalue weighted by Gasteiger charge is -2.41. The fourth-order valence-electron chi connectivity index (χ4n) is 3.21. The predicted octanol–water partition coefficient (Wildman–Crippen LogP) is 2.99. The van der Waals surface area contributed by atoms with E-state index in [1.54, 1.807) is 0 Å². The van der Waals surface area contributed by atoms with Gasteiger partial charge in [0, 0.05) is 26.7 Å². The highest BCUT2D eigenvalue weighted by Gasteiger charge is 2.34. The molecule has 1 saturated carbocycles. The van der Waals surface area contributed by atoms with Gasteiger partial charge in [0.1, 0.15) is 0 Å². The number of nitrogens with one attached hydrogen (secondary N) is 2. The van der Waals surface area contributed by atoms with Crippen molar-refractivity contribution in [2.45, 2.75) is 45.7 Å². The van der Waals surface area contributed by atoms with Crippen LogP contribution in [0.25, 0.3) is 0 Å². The van der Waals surface area contributed by atoms with Gasteiger partial charge in [-0.05, 0) is 49.9 Å². The van der Waals surface area contributed by atoms with Crippen LogP contribution >= 0.6 is 0 Å². The maximum atomic E-state index is 4.36. The molecule has 23 heavy (non-hydrogen) atoms. The van der Waals surface area contributed by atoms with Crippen LogP contribution in [0, 0.1) is 5.41 Å². The molecule has 0 amide bonds. The number of hydrogen-bond acceptors (Lipinski definition) is 2. The van der Waals surface area contributed by atoms with Crippen LogP contribution in [0.3, 0.4) is 0 Å². The van der Waals surface area contributed by atoms with Crippen molar-refractivity contribution in [1.82, 2.24) is 15.5 Å². The fraction of sp³-hybridized carbons (Fsp3) is 0.632. The van der Waals surface area contributed by atoms with Crippen molar-refractivity contribution in [3.8, 4) is 0 Å². The number of benzene rings is 1. The Balaban J connectivity index is 1.83. The van der Waals surface area contributed by atoms with Gasteiger partial charge in [-0.3, -0.25) is 4.99 Å². The largest absolute Gasteiger partial charge is 0.356 e. The third-order valence-electron chi connectivity index (χ3n) is 4.97. The molecule has 0 atom stereocenters. The summed E-state index contributed by atoms with van der Waals surface area (Å²) in [7, 11) is 6.04. The Kier molecular flexibility index (Phi) is 6.46. The molecule has 1 fully saturated rings. The van der Waals surface area contributed by atoms with Crippen molar-refractivity contribution < 1.29 is 0 Å². The van der Waals surface area contributed by atoms with Crippen LogP contribution in [0.1, 0.15) is 43.7 Å². The zero-order valence-electron chi connectivity index (χ0n) is 15.2. The number of rotatable bonds is 7. The molecule has 2 N–H and O–H groups in total. The molecular weight excluding hydrogens is 284 g/mol. The van der Waals surface area contributed by atoms with Crippen molar-refractivity contribution in [3.05, 3.63) is 35.4 Å². The molecule has 1 aromatic rings. The second-order valence-electron chi connectivity index (χ2n) is 7.04. The molecule has 4 heteroatoms. The molecule has 1 aliphatic rings. The highest BCUT2D eigenvalue weighted by molar-refractivity contribution is 5.79. The first-order valence-electron chi connectivity index (χ1n) is 8.74. The first-order valence-corrected chi connectivity index (χ1v) is 8.74. The van der Waals surface area contributed by atoms with Gasteiger partial charge in [-0.1, -0.05) is 37.6 Å². The number of nitrogens with zero attached hydrogens (tertiary/aromatic N) is 2. The molecule has 0 aliphatic heterocycles. The summed E-state index contributed by atoms with van der Waals surface area (Å²) in [5.41, 5.74) is 3.14. The van der Waals surface area contributed by atoms with Crippen molar-refractivity contribution >= 4 is 5.96 Å². The van der Waals surface area contributed by atoms with Crippen LogP contribution in [0.4, 0.5) is 0 Å². The predicted molar refractivity (Wildman–Crippen MR) is 98.6 cm³/mol. The van der Waals surface area contributed by atoms with Gasteiger partial charge < -0.3 is 15.5 Å². The minimum absolute atomic E-state index is 0.503. The van der Waals surface area contributed by atoms with Gasteiger partial charge in [0.05, 0.1) is 0 Å². The van der Waals surface area contributed by atoms with E-state index in [-0.39, 0.29) is 0 Å². The molecule has 0 aromatic heterocycles. The van der Waals surface area contributed by atoms with Gasteiger partial charge >= 0.3 is 0 Å². The molecule has 0 heterocycles. The highest BCUT2D eigenvalue weighted by Crippen LogP contribution is 2.42. The van der Waals surface area contributed by atoms with Gasteiger partial charge in [0.2, 0.25) is 0 Å². The number of hydrogen-bond donors (Lipinski definition) is 2. The van der Waals surface area contributed by atoms with Crippen LogP contribution < -0.4 is 10.6 Å². The van der Waals surface area contributed by atoms with Crippen molar-refractivity contribution in [3.63, 3.8) is 0 Å². The van der Waals surface area contributed by atoms with Gasteiger partial charge in [-0.2, -0.15) is 0 Å². The first-order chi connectivity index (χ1) is 11.1. The Hall–Kier alpha value is -1.55. The average Bonchev–Trinajstić information content (AvgIpc) is 2.49. The summed E-state index contributed by atoms with van der Waals surface area (Å²) in [6.07, 6.45) is 5.32. The van der Waals surface area contributed by atoms with E-state index in [4.69, 9.17) is 0 Å². The monoisotopic (exact) mass is 316 g/mol. The van der Waals surface area contributed by atoms with E-state index < -0.39 is 0 Å². The lowest BCUT2D eigenvalue weighted by molar-refractivity contribution is 0.131. The van der Waals surface area contributed by atoms with E-state index in [0.717, 1.165) is 25.6 Å². The van der Waals surface area contributed by atoms with Crippen molar-refractivity contribution in [1.29, 1.82) is 0 Å². The second kappa shape index (κ2) is 8.34. The molecule has 0 radical (unpaired) electrons. The zero-order chi connectivity index (χ0) is 16.7. The lowest BCUT2D eigenvalue weighted by Crippen LogP contribution is -2.46. The van der Waals surface area contributed by atoms with Crippen LogP contribution in [0.2, 0.25) is 0 Å². The Labute approximate surface area is 141 Å². The Morgan fingerprint density at radius 3 is 2.52 bits per heavy atom. The van der Waals surface area contributed by atoms with E-state index in [1.165, 1.54) is 36.8 Å². The maximum absolute atomic E-state index is 4.36. The topological polar surface area (TPSA) is 39.7 Å². The molecule has 0 bridgehead atoms. The molecule has 0 spiro atoms. The Morgan fingerprint density at radius 1 is 1.22 bits per heavy atom. The molecule has 0 saturated heterocycles. The standard InChI is InChI=1S/C19H32N4/c1-5-19(10-7-11-19)15-22-18(20-2)21-13-16-8-6-9-17(12-16)14-23(3)4/h6,8-9,12H,5,7,10-11,13-15H2,1-4H3,(H2,20,21,22). The summed E-state index contributed by atoms with van der Waals surface area (Å²) in [5, 5.41) is 6.95. The first kappa shape index (κ1) is 17.8. The van der Waals surface area contributed by atoms with Gasteiger partial charge in [-0.15, -0.1) is 0 Å². The minimum atomic E-state index is 0.503.